The van der Waals surface area contributed by atoms with Crippen molar-refractivity contribution in [3.8, 4) is 5.75 Å². The van der Waals surface area contributed by atoms with Gasteiger partial charge in [-0.25, -0.2) is 0 Å². The zero-order chi connectivity index (χ0) is 15.2. The average molecular weight is 285 g/mol. The summed E-state index contributed by atoms with van der Waals surface area (Å²) in [6.07, 6.45) is 0. The number of ether oxygens (including phenoxy) is 1. The summed E-state index contributed by atoms with van der Waals surface area (Å²) in [5.74, 6) is 0.702. The first-order valence-corrected chi connectivity index (χ1v) is 6.73. The Morgan fingerprint density at radius 1 is 1.10 bits per heavy atom. The van der Waals surface area contributed by atoms with Crippen molar-refractivity contribution in [1.29, 1.82) is 0 Å². The Morgan fingerprint density at radius 3 is 2.43 bits per heavy atom. The Labute approximate surface area is 124 Å². The van der Waals surface area contributed by atoms with Crippen molar-refractivity contribution >= 4 is 5.91 Å². The summed E-state index contributed by atoms with van der Waals surface area (Å²) in [7, 11) is 3.46. The molecule has 0 saturated carbocycles. The third kappa shape index (κ3) is 4.07. The lowest BCUT2D eigenvalue weighted by Crippen LogP contribution is -2.21. The van der Waals surface area contributed by atoms with Crippen LogP contribution in [0, 0.1) is 0 Å². The van der Waals surface area contributed by atoms with Crippen LogP contribution in [-0.2, 0) is 13.2 Å². The first kappa shape index (κ1) is 15.1. The maximum atomic E-state index is 11.8. The number of hydrogen-bond acceptors (Lipinski definition) is 3. The number of aliphatic hydroxyl groups is 1. The van der Waals surface area contributed by atoms with Gasteiger partial charge in [0.2, 0.25) is 0 Å². The van der Waals surface area contributed by atoms with Crippen LogP contribution in [0.15, 0.2) is 48.5 Å². The van der Waals surface area contributed by atoms with Gasteiger partial charge in [0, 0.05) is 19.7 Å². The van der Waals surface area contributed by atoms with Gasteiger partial charge in [-0.3, -0.25) is 4.79 Å². The highest BCUT2D eigenvalue weighted by atomic mass is 16.5. The molecule has 0 fully saturated rings. The van der Waals surface area contributed by atoms with Gasteiger partial charge in [-0.2, -0.15) is 0 Å². The second kappa shape index (κ2) is 6.90. The average Bonchev–Trinajstić information content (AvgIpc) is 2.53. The van der Waals surface area contributed by atoms with Crippen molar-refractivity contribution in [2.75, 3.05) is 14.1 Å². The third-order valence-electron chi connectivity index (χ3n) is 3.09. The molecule has 2 aromatic carbocycles. The lowest BCUT2D eigenvalue weighted by Gasteiger charge is -2.11. The Bertz CT molecular complexity index is 606. The van der Waals surface area contributed by atoms with E-state index in [2.05, 4.69) is 0 Å². The molecule has 4 heteroatoms. The van der Waals surface area contributed by atoms with Crippen LogP contribution < -0.4 is 4.74 Å². The van der Waals surface area contributed by atoms with Gasteiger partial charge in [0.25, 0.3) is 5.91 Å². The predicted molar refractivity (Wildman–Crippen MR) is 81.2 cm³/mol. The van der Waals surface area contributed by atoms with E-state index in [1.54, 1.807) is 31.1 Å². The molecule has 4 nitrogen and oxygen atoms in total. The molecular formula is C17H19NO3. The summed E-state index contributed by atoms with van der Waals surface area (Å²) in [6.45, 7) is 0.420. The van der Waals surface area contributed by atoms with Crippen molar-refractivity contribution in [2.24, 2.45) is 0 Å². The molecule has 2 aromatic rings. The predicted octanol–water partition coefficient (Wildman–Crippen LogP) is 2.46. The molecule has 0 radical (unpaired) electrons. The third-order valence-corrected chi connectivity index (χ3v) is 3.09. The summed E-state index contributed by atoms with van der Waals surface area (Å²) in [5, 5.41) is 9.08. The van der Waals surface area contributed by atoms with Crippen LogP contribution in [-0.4, -0.2) is 30.0 Å². The molecule has 21 heavy (non-hydrogen) atoms. The Morgan fingerprint density at radius 2 is 1.81 bits per heavy atom. The topological polar surface area (TPSA) is 49.8 Å². The Kier molecular flexibility index (Phi) is 4.95. The van der Waals surface area contributed by atoms with E-state index in [9.17, 15) is 4.79 Å². The van der Waals surface area contributed by atoms with Gasteiger partial charge < -0.3 is 14.7 Å². The summed E-state index contributed by atoms with van der Waals surface area (Å²) < 4.78 is 5.68. The van der Waals surface area contributed by atoms with E-state index in [1.165, 1.54) is 0 Å². The van der Waals surface area contributed by atoms with Gasteiger partial charge in [0.1, 0.15) is 12.4 Å². The van der Waals surface area contributed by atoms with Crippen molar-refractivity contribution in [3.63, 3.8) is 0 Å². The molecule has 0 heterocycles. The number of carbonyl (C=O) groups excluding carboxylic acids is 1. The molecule has 0 aliphatic carbocycles. The normalized spacial score (nSPS) is 10.2. The molecule has 0 aromatic heterocycles. The number of carbonyl (C=O) groups is 1. The molecule has 0 bridgehead atoms. The fourth-order valence-corrected chi connectivity index (χ4v) is 1.90. The zero-order valence-electron chi connectivity index (χ0n) is 12.2. The molecular weight excluding hydrogens is 266 g/mol. The fraction of sp³-hybridized carbons (Fsp3) is 0.235. The van der Waals surface area contributed by atoms with Crippen LogP contribution in [0.1, 0.15) is 21.5 Å². The van der Waals surface area contributed by atoms with Crippen molar-refractivity contribution in [2.45, 2.75) is 13.2 Å². The van der Waals surface area contributed by atoms with E-state index in [1.807, 2.05) is 36.4 Å². The first-order chi connectivity index (χ1) is 10.1. The lowest BCUT2D eigenvalue weighted by atomic mass is 10.1. The second-order valence-electron chi connectivity index (χ2n) is 4.99. The van der Waals surface area contributed by atoms with Crippen LogP contribution in [0.2, 0.25) is 0 Å². The number of rotatable bonds is 5. The van der Waals surface area contributed by atoms with Crippen LogP contribution in [0.4, 0.5) is 0 Å². The molecule has 1 amide bonds. The monoisotopic (exact) mass is 285 g/mol. The molecule has 0 aliphatic heterocycles. The molecule has 0 saturated heterocycles. The minimum atomic E-state index is -0.0156. The smallest absolute Gasteiger partial charge is 0.253 e. The van der Waals surface area contributed by atoms with E-state index in [0.717, 1.165) is 16.9 Å². The number of hydrogen-bond donors (Lipinski definition) is 1. The van der Waals surface area contributed by atoms with Crippen LogP contribution >= 0.6 is 0 Å². The number of aliphatic hydroxyl groups excluding tert-OH is 1. The first-order valence-electron chi connectivity index (χ1n) is 6.73. The Balaban J connectivity index is 1.99. The quantitative estimate of drug-likeness (QED) is 0.918. The minimum Gasteiger partial charge on any atom is -0.489 e. The van der Waals surface area contributed by atoms with Gasteiger partial charge in [0.15, 0.2) is 0 Å². The van der Waals surface area contributed by atoms with E-state index >= 15 is 0 Å². The molecule has 1 N–H and O–H groups in total. The highest BCUT2D eigenvalue weighted by molar-refractivity contribution is 5.93. The van der Waals surface area contributed by atoms with Gasteiger partial charge in [-0.15, -0.1) is 0 Å². The second-order valence-corrected chi connectivity index (χ2v) is 4.99. The SMILES string of the molecule is CN(C)C(=O)c1ccc(COc2cccc(CO)c2)cc1. The number of amides is 1. The summed E-state index contributed by atoms with van der Waals surface area (Å²) in [5.41, 5.74) is 2.46. The standard InChI is InChI=1S/C17H19NO3/c1-18(2)17(20)15-8-6-13(7-9-15)12-21-16-5-3-4-14(10-16)11-19/h3-10,19H,11-12H2,1-2H3. The van der Waals surface area contributed by atoms with Gasteiger partial charge >= 0.3 is 0 Å². The summed E-state index contributed by atoms with van der Waals surface area (Å²) >= 11 is 0. The van der Waals surface area contributed by atoms with E-state index in [0.29, 0.717) is 12.2 Å². The number of benzene rings is 2. The minimum absolute atomic E-state index is 0.00144. The molecule has 2 rings (SSSR count). The number of nitrogens with zero attached hydrogens (tertiary/aromatic N) is 1. The van der Waals surface area contributed by atoms with Gasteiger partial charge in [-0.05, 0) is 35.4 Å². The van der Waals surface area contributed by atoms with Crippen LogP contribution in [0.3, 0.4) is 0 Å². The van der Waals surface area contributed by atoms with Crippen molar-refractivity contribution < 1.29 is 14.6 Å². The maximum absolute atomic E-state index is 11.8. The van der Waals surface area contributed by atoms with Crippen molar-refractivity contribution in [1.82, 2.24) is 4.90 Å². The maximum Gasteiger partial charge on any atom is 0.253 e. The highest BCUT2D eigenvalue weighted by Crippen LogP contribution is 2.15. The molecule has 110 valence electrons. The molecule has 0 unspecified atom stereocenters. The summed E-state index contributed by atoms with van der Waals surface area (Å²) in [4.78, 5) is 13.3. The van der Waals surface area contributed by atoms with E-state index in [4.69, 9.17) is 9.84 Å². The summed E-state index contributed by atoms with van der Waals surface area (Å²) in [6, 6.07) is 14.7. The lowest BCUT2D eigenvalue weighted by molar-refractivity contribution is 0.0827. The Hall–Kier alpha value is -2.33. The van der Waals surface area contributed by atoms with Gasteiger partial charge in [0.05, 0.1) is 6.61 Å². The van der Waals surface area contributed by atoms with E-state index in [-0.39, 0.29) is 12.5 Å². The van der Waals surface area contributed by atoms with Crippen molar-refractivity contribution in [3.05, 3.63) is 65.2 Å². The highest BCUT2D eigenvalue weighted by Gasteiger charge is 2.07. The molecule has 0 aliphatic rings. The van der Waals surface area contributed by atoms with Gasteiger partial charge in [-0.1, -0.05) is 24.3 Å². The van der Waals surface area contributed by atoms with Crippen LogP contribution in [0.5, 0.6) is 5.75 Å². The van der Waals surface area contributed by atoms with E-state index < -0.39 is 0 Å². The molecule has 0 atom stereocenters. The zero-order valence-corrected chi connectivity index (χ0v) is 12.2. The van der Waals surface area contributed by atoms with Crippen LogP contribution in [0.25, 0.3) is 0 Å². The molecule has 0 spiro atoms. The fourth-order valence-electron chi connectivity index (χ4n) is 1.90. The largest absolute Gasteiger partial charge is 0.489 e.